The molecule has 0 aromatic heterocycles. The Morgan fingerprint density at radius 3 is 2.48 bits per heavy atom. The SMILES string of the molecule is CC1C(N)CCC(C(=O)N2CC(O)C[C@H]2C(=O)O)C1(C)C. The Morgan fingerprint density at radius 1 is 1.29 bits per heavy atom. The average molecular weight is 298 g/mol. The van der Waals surface area contributed by atoms with E-state index in [9.17, 15) is 19.8 Å². The monoisotopic (exact) mass is 298 g/mol. The molecular formula is C15H26N2O4. The molecule has 21 heavy (non-hydrogen) atoms. The maximum Gasteiger partial charge on any atom is 0.326 e. The standard InChI is InChI=1S/C15H26N2O4/c1-8-11(16)5-4-10(15(8,2)3)13(19)17-7-9(18)6-12(17)14(20)21/h8-12,18H,4-7,16H2,1-3H3,(H,20,21)/t8?,9?,10?,11?,12-/m0/s1. The molecule has 1 heterocycles. The zero-order chi connectivity index (χ0) is 15.9. The van der Waals surface area contributed by atoms with Gasteiger partial charge in [0, 0.05) is 24.9 Å². The third-order valence-electron chi connectivity index (χ3n) is 5.65. The number of hydrogen-bond acceptors (Lipinski definition) is 4. The summed E-state index contributed by atoms with van der Waals surface area (Å²) >= 11 is 0. The van der Waals surface area contributed by atoms with Gasteiger partial charge in [0.2, 0.25) is 5.91 Å². The van der Waals surface area contributed by atoms with Crippen LogP contribution in [-0.2, 0) is 9.59 Å². The fourth-order valence-electron chi connectivity index (χ4n) is 3.78. The van der Waals surface area contributed by atoms with Gasteiger partial charge >= 0.3 is 5.97 Å². The number of aliphatic hydroxyl groups is 1. The van der Waals surface area contributed by atoms with Crippen LogP contribution in [0.2, 0.25) is 0 Å². The Kier molecular flexibility index (Phi) is 4.31. The zero-order valence-corrected chi connectivity index (χ0v) is 13.0. The van der Waals surface area contributed by atoms with Crippen LogP contribution in [0.3, 0.4) is 0 Å². The van der Waals surface area contributed by atoms with Crippen molar-refractivity contribution < 1.29 is 19.8 Å². The molecule has 1 aliphatic heterocycles. The second-order valence-corrected chi connectivity index (χ2v) is 7.14. The quantitative estimate of drug-likeness (QED) is 0.686. The highest BCUT2D eigenvalue weighted by Gasteiger charge is 2.49. The van der Waals surface area contributed by atoms with Crippen LogP contribution >= 0.6 is 0 Å². The lowest BCUT2D eigenvalue weighted by atomic mass is 9.60. The predicted octanol–water partition coefficient (Wildman–Crippen LogP) is 0.432. The number of rotatable bonds is 2. The van der Waals surface area contributed by atoms with Gasteiger partial charge in [-0.1, -0.05) is 20.8 Å². The summed E-state index contributed by atoms with van der Waals surface area (Å²) in [5.74, 6) is -1.24. The first kappa shape index (κ1) is 16.2. The number of hydrogen-bond donors (Lipinski definition) is 3. The van der Waals surface area contributed by atoms with Gasteiger partial charge in [-0.05, 0) is 24.2 Å². The number of aliphatic carboxylic acids is 1. The van der Waals surface area contributed by atoms with Crippen LogP contribution in [0, 0.1) is 17.3 Å². The third-order valence-corrected chi connectivity index (χ3v) is 5.65. The fourth-order valence-corrected chi connectivity index (χ4v) is 3.78. The first-order valence-corrected chi connectivity index (χ1v) is 7.63. The van der Waals surface area contributed by atoms with E-state index in [4.69, 9.17) is 5.73 Å². The molecule has 0 spiro atoms. The van der Waals surface area contributed by atoms with Crippen molar-refractivity contribution in [3.8, 4) is 0 Å². The normalized spacial score (nSPS) is 39.3. The lowest BCUT2D eigenvalue weighted by Crippen LogP contribution is -2.54. The minimum Gasteiger partial charge on any atom is -0.480 e. The van der Waals surface area contributed by atoms with E-state index in [-0.39, 0.29) is 42.2 Å². The maximum absolute atomic E-state index is 12.8. The molecule has 0 aromatic carbocycles. The van der Waals surface area contributed by atoms with Crippen LogP contribution in [-0.4, -0.2) is 51.7 Å². The van der Waals surface area contributed by atoms with Crippen molar-refractivity contribution >= 4 is 11.9 Å². The van der Waals surface area contributed by atoms with Crippen LogP contribution in [0.15, 0.2) is 0 Å². The second kappa shape index (κ2) is 5.57. The van der Waals surface area contributed by atoms with Crippen LogP contribution in [0.5, 0.6) is 0 Å². The number of likely N-dealkylation sites (tertiary alicyclic amines) is 1. The van der Waals surface area contributed by atoms with Gasteiger partial charge in [-0.2, -0.15) is 0 Å². The van der Waals surface area contributed by atoms with Gasteiger partial charge in [0.25, 0.3) is 0 Å². The molecule has 1 aliphatic carbocycles. The van der Waals surface area contributed by atoms with E-state index in [1.54, 1.807) is 0 Å². The molecular weight excluding hydrogens is 272 g/mol. The number of nitrogens with two attached hydrogens (primary N) is 1. The lowest BCUT2D eigenvalue weighted by molar-refractivity contribution is -0.154. The number of carbonyl (C=O) groups is 2. The third kappa shape index (κ3) is 2.79. The largest absolute Gasteiger partial charge is 0.480 e. The second-order valence-electron chi connectivity index (χ2n) is 7.14. The van der Waals surface area contributed by atoms with Crippen molar-refractivity contribution in [3.63, 3.8) is 0 Å². The molecule has 6 heteroatoms. The van der Waals surface area contributed by atoms with E-state index < -0.39 is 18.1 Å². The molecule has 0 radical (unpaired) electrons. The molecule has 1 saturated heterocycles. The molecule has 5 atom stereocenters. The van der Waals surface area contributed by atoms with Crippen molar-refractivity contribution in [2.75, 3.05) is 6.54 Å². The number of nitrogens with zero attached hydrogens (tertiary/aromatic N) is 1. The fraction of sp³-hybridized carbons (Fsp3) is 0.867. The molecule has 0 aromatic rings. The smallest absolute Gasteiger partial charge is 0.326 e. The number of carboxylic acid groups (broad SMARTS) is 1. The van der Waals surface area contributed by atoms with Gasteiger partial charge in [-0.3, -0.25) is 4.79 Å². The first-order chi connectivity index (χ1) is 9.66. The van der Waals surface area contributed by atoms with Gasteiger partial charge in [-0.25, -0.2) is 4.79 Å². The molecule has 0 bridgehead atoms. The minimum absolute atomic E-state index is 0.0727. The van der Waals surface area contributed by atoms with Crippen molar-refractivity contribution in [3.05, 3.63) is 0 Å². The average Bonchev–Trinajstić information content (AvgIpc) is 2.78. The van der Waals surface area contributed by atoms with Crippen LogP contribution in [0.1, 0.15) is 40.0 Å². The molecule has 6 nitrogen and oxygen atoms in total. The van der Waals surface area contributed by atoms with Gasteiger partial charge in [0.05, 0.1) is 6.10 Å². The number of aliphatic hydroxyl groups excluding tert-OH is 1. The van der Waals surface area contributed by atoms with E-state index in [0.717, 1.165) is 6.42 Å². The van der Waals surface area contributed by atoms with E-state index in [1.165, 1.54) is 4.90 Å². The van der Waals surface area contributed by atoms with Gasteiger partial charge in [0.15, 0.2) is 0 Å². The summed E-state index contributed by atoms with van der Waals surface area (Å²) in [5, 5.41) is 19.0. The molecule has 4 unspecified atom stereocenters. The summed E-state index contributed by atoms with van der Waals surface area (Å²) in [7, 11) is 0. The Labute approximate surface area is 125 Å². The molecule has 1 saturated carbocycles. The zero-order valence-electron chi connectivity index (χ0n) is 13.0. The topological polar surface area (TPSA) is 104 Å². The van der Waals surface area contributed by atoms with E-state index in [0.29, 0.717) is 6.42 Å². The van der Waals surface area contributed by atoms with Crippen molar-refractivity contribution in [1.82, 2.24) is 4.90 Å². The van der Waals surface area contributed by atoms with Crippen LogP contribution in [0.25, 0.3) is 0 Å². The molecule has 120 valence electrons. The number of β-amino-alcohol motifs (C(OH)–C–C–N with tert-alkyl or cyclic N) is 1. The molecule has 1 amide bonds. The van der Waals surface area contributed by atoms with E-state index >= 15 is 0 Å². The Balaban J connectivity index is 2.21. The lowest BCUT2D eigenvalue weighted by Gasteiger charge is -2.47. The number of carboxylic acids is 1. The minimum atomic E-state index is -1.04. The molecule has 2 fully saturated rings. The highest BCUT2D eigenvalue weighted by molar-refractivity contribution is 5.86. The number of carbonyl (C=O) groups excluding carboxylic acids is 1. The van der Waals surface area contributed by atoms with Crippen molar-refractivity contribution in [2.45, 2.75) is 58.2 Å². The summed E-state index contributed by atoms with van der Waals surface area (Å²) in [6, 6.07) is -0.835. The summed E-state index contributed by atoms with van der Waals surface area (Å²) in [4.78, 5) is 25.5. The van der Waals surface area contributed by atoms with Gasteiger partial charge < -0.3 is 20.8 Å². The Hall–Kier alpha value is -1.14. The summed E-state index contributed by atoms with van der Waals surface area (Å²) < 4.78 is 0. The van der Waals surface area contributed by atoms with E-state index in [2.05, 4.69) is 6.92 Å². The first-order valence-electron chi connectivity index (χ1n) is 7.63. The summed E-state index contributed by atoms with van der Waals surface area (Å²) in [6.07, 6.45) is 0.816. The van der Waals surface area contributed by atoms with Crippen molar-refractivity contribution in [2.24, 2.45) is 23.0 Å². The highest BCUT2D eigenvalue weighted by Crippen LogP contribution is 2.45. The van der Waals surface area contributed by atoms with Gasteiger partial charge in [0.1, 0.15) is 6.04 Å². The Morgan fingerprint density at radius 2 is 1.90 bits per heavy atom. The molecule has 2 rings (SSSR count). The van der Waals surface area contributed by atoms with Gasteiger partial charge in [-0.15, -0.1) is 0 Å². The summed E-state index contributed by atoms with van der Waals surface area (Å²) in [6.45, 7) is 6.23. The number of amides is 1. The maximum atomic E-state index is 12.8. The van der Waals surface area contributed by atoms with Crippen LogP contribution in [0.4, 0.5) is 0 Å². The summed E-state index contributed by atoms with van der Waals surface area (Å²) in [5.41, 5.74) is 5.84. The van der Waals surface area contributed by atoms with Crippen LogP contribution < -0.4 is 5.73 Å². The van der Waals surface area contributed by atoms with E-state index in [1.807, 2.05) is 13.8 Å². The highest BCUT2D eigenvalue weighted by atomic mass is 16.4. The predicted molar refractivity (Wildman–Crippen MR) is 77.4 cm³/mol. The Bertz CT molecular complexity index is 437. The van der Waals surface area contributed by atoms with Crippen molar-refractivity contribution in [1.29, 1.82) is 0 Å². The molecule has 2 aliphatic rings. The molecule has 4 N–H and O–H groups in total.